The van der Waals surface area contributed by atoms with Crippen LogP contribution in [-0.2, 0) is 17.1 Å². The number of hydrogen-bond donors (Lipinski definition) is 1. The largest absolute Gasteiger partial charge is 0.306 e. The predicted molar refractivity (Wildman–Crippen MR) is 99.3 cm³/mol. The van der Waals surface area contributed by atoms with Gasteiger partial charge in [0.2, 0.25) is 0 Å². The molecule has 1 atom stereocenters. The lowest BCUT2D eigenvalue weighted by atomic mass is 10.2. The first-order chi connectivity index (χ1) is 10.4. The van der Waals surface area contributed by atoms with Crippen molar-refractivity contribution in [2.75, 3.05) is 5.75 Å². The van der Waals surface area contributed by atoms with Gasteiger partial charge in [0.1, 0.15) is 0 Å². The number of aryl methyl sites for hydroxylation is 1. The molecular formula is C18H26O2SSi. The Morgan fingerprint density at radius 1 is 0.955 bits per heavy atom. The molecule has 1 N–H and O–H groups in total. The van der Waals surface area contributed by atoms with Crippen LogP contribution in [0.1, 0.15) is 11.1 Å². The smallest absolute Gasteiger partial charge is 0.152 e. The van der Waals surface area contributed by atoms with Gasteiger partial charge in [-0.25, -0.2) is 4.21 Å². The number of rotatable bonds is 5. The van der Waals surface area contributed by atoms with Gasteiger partial charge in [-0.15, -0.1) is 0 Å². The number of benzene rings is 2. The second-order valence-electron chi connectivity index (χ2n) is 6.26. The third-order valence-electron chi connectivity index (χ3n) is 3.42. The van der Waals surface area contributed by atoms with E-state index in [1.54, 1.807) is 0 Å². The van der Waals surface area contributed by atoms with E-state index in [-0.39, 0.29) is 0 Å². The van der Waals surface area contributed by atoms with Crippen molar-refractivity contribution in [3.63, 3.8) is 0 Å². The Morgan fingerprint density at radius 3 is 1.86 bits per heavy atom. The quantitative estimate of drug-likeness (QED) is 0.636. The summed E-state index contributed by atoms with van der Waals surface area (Å²) in [5, 5.41) is 0. The molecule has 0 fully saturated rings. The Bertz CT molecular complexity index is 556. The van der Waals surface area contributed by atoms with Gasteiger partial charge in [-0.2, -0.15) is 0 Å². The zero-order chi connectivity index (χ0) is 16.4. The minimum absolute atomic E-state index is 0.423. The summed E-state index contributed by atoms with van der Waals surface area (Å²) in [4.78, 5) is 0. The molecule has 0 bridgehead atoms. The molecule has 4 heteroatoms. The van der Waals surface area contributed by atoms with Gasteiger partial charge in [0.05, 0.1) is 8.07 Å². The summed E-state index contributed by atoms with van der Waals surface area (Å²) in [6.07, 6.45) is 0. The van der Waals surface area contributed by atoms with E-state index in [0.717, 1.165) is 12.1 Å². The van der Waals surface area contributed by atoms with Gasteiger partial charge in [0.15, 0.2) is 11.1 Å². The summed E-state index contributed by atoms with van der Waals surface area (Å²) in [5.74, 6) is 0.423. The summed E-state index contributed by atoms with van der Waals surface area (Å²) in [5.41, 5.74) is 2.67. The molecule has 0 radical (unpaired) electrons. The lowest BCUT2D eigenvalue weighted by Gasteiger charge is -2.21. The Balaban J connectivity index is 0.000000287. The summed E-state index contributed by atoms with van der Waals surface area (Å²) >= 11 is -1.64. The maximum Gasteiger partial charge on any atom is 0.152 e. The van der Waals surface area contributed by atoms with Gasteiger partial charge in [-0.05, 0) is 19.0 Å². The Labute approximate surface area is 137 Å². The lowest BCUT2D eigenvalue weighted by Crippen LogP contribution is -2.30. The molecule has 22 heavy (non-hydrogen) atoms. The van der Waals surface area contributed by atoms with Crippen molar-refractivity contribution in [1.82, 2.24) is 0 Å². The van der Waals surface area contributed by atoms with E-state index in [9.17, 15) is 4.21 Å². The minimum Gasteiger partial charge on any atom is -0.306 e. The van der Waals surface area contributed by atoms with Gasteiger partial charge in [-0.3, -0.25) is 0 Å². The van der Waals surface area contributed by atoms with Crippen LogP contribution in [0.4, 0.5) is 0 Å². The molecule has 2 aromatic carbocycles. The molecule has 0 aromatic heterocycles. The molecule has 0 amide bonds. The van der Waals surface area contributed by atoms with E-state index in [4.69, 9.17) is 4.55 Å². The fourth-order valence-corrected chi connectivity index (χ4v) is 6.56. The fraction of sp³-hybridized carbons (Fsp3) is 0.333. The highest BCUT2D eigenvalue weighted by atomic mass is 32.2. The second kappa shape index (κ2) is 9.72. The molecule has 2 nitrogen and oxygen atoms in total. The van der Waals surface area contributed by atoms with E-state index < -0.39 is 19.2 Å². The maximum atomic E-state index is 10.6. The van der Waals surface area contributed by atoms with Crippen molar-refractivity contribution < 1.29 is 8.76 Å². The van der Waals surface area contributed by atoms with Crippen LogP contribution in [0, 0.1) is 6.92 Å². The zero-order valence-electron chi connectivity index (χ0n) is 13.7. The van der Waals surface area contributed by atoms with Crippen LogP contribution in [0.25, 0.3) is 0 Å². The van der Waals surface area contributed by atoms with E-state index >= 15 is 0 Å². The molecule has 0 saturated carbocycles. The number of hydrogen-bond acceptors (Lipinski definition) is 1. The van der Waals surface area contributed by atoms with Crippen molar-refractivity contribution in [1.29, 1.82) is 0 Å². The molecule has 120 valence electrons. The summed E-state index contributed by atoms with van der Waals surface area (Å²) in [6.45, 7) is 6.62. The molecule has 0 heterocycles. The van der Waals surface area contributed by atoms with E-state index in [2.05, 4.69) is 44.3 Å². The maximum absolute atomic E-state index is 10.6. The topological polar surface area (TPSA) is 37.3 Å². The SMILES string of the molecule is C[Si](C)(CCS(=O)O)Cc1ccccc1.Cc1ccccc1. The average molecular weight is 335 g/mol. The van der Waals surface area contributed by atoms with Gasteiger partial charge in [0.25, 0.3) is 0 Å². The van der Waals surface area contributed by atoms with Crippen molar-refractivity contribution in [2.24, 2.45) is 0 Å². The van der Waals surface area contributed by atoms with Crippen molar-refractivity contribution in [3.05, 3.63) is 71.8 Å². The highest BCUT2D eigenvalue weighted by Crippen LogP contribution is 2.16. The first-order valence-corrected chi connectivity index (χ1v) is 12.2. The predicted octanol–water partition coefficient (Wildman–Crippen LogP) is 4.69. The average Bonchev–Trinajstić information content (AvgIpc) is 2.47. The zero-order valence-corrected chi connectivity index (χ0v) is 15.5. The minimum atomic E-state index is -1.64. The van der Waals surface area contributed by atoms with Gasteiger partial charge < -0.3 is 4.55 Å². The molecule has 0 aliphatic carbocycles. The monoisotopic (exact) mass is 334 g/mol. The van der Waals surface area contributed by atoms with Crippen LogP contribution in [0.2, 0.25) is 19.1 Å². The van der Waals surface area contributed by atoms with Crippen LogP contribution in [0.5, 0.6) is 0 Å². The molecular weight excluding hydrogens is 308 g/mol. The van der Waals surface area contributed by atoms with Crippen LogP contribution in [0.3, 0.4) is 0 Å². The first kappa shape index (κ1) is 18.8. The van der Waals surface area contributed by atoms with Crippen LogP contribution in [-0.4, -0.2) is 22.6 Å². The van der Waals surface area contributed by atoms with Crippen LogP contribution >= 0.6 is 0 Å². The Kier molecular flexibility index (Phi) is 8.31. The molecule has 0 aliphatic heterocycles. The van der Waals surface area contributed by atoms with Crippen molar-refractivity contribution in [3.8, 4) is 0 Å². The van der Waals surface area contributed by atoms with E-state index in [1.165, 1.54) is 11.1 Å². The molecule has 2 aromatic rings. The molecule has 1 unspecified atom stereocenters. The van der Waals surface area contributed by atoms with Gasteiger partial charge in [-0.1, -0.05) is 84.9 Å². The molecule has 0 spiro atoms. The second-order valence-corrected chi connectivity index (χ2v) is 12.5. The highest BCUT2D eigenvalue weighted by molar-refractivity contribution is 7.79. The summed E-state index contributed by atoms with van der Waals surface area (Å²) < 4.78 is 19.4. The third kappa shape index (κ3) is 8.92. The molecule has 0 aliphatic rings. The molecule has 2 rings (SSSR count). The van der Waals surface area contributed by atoms with Crippen molar-refractivity contribution in [2.45, 2.75) is 32.1 Å². The third-order valence-corrected chi connectivity index (χ3v) is 7.30. The standard InChI is InChI=1S/C11H18O2SSi.C7H8/c1-15(2,9-8-14(12)13)10-11-6-4-3-5-7-11;1-7-5-3-2-4-6-7/h3-7H,8-10H2,1-2H3,(H,12,13);2-6H,1H3. The van der Waals surface area contributed by atoms with Crippen LogP contribution in [0.15, 0.2) is 60.7 Å². The van der Waals surface area contributed by atoms with Gasteiger partial charge >= 0.3 is 0 Å². The Hall–Kier alpha value is -1.23. The molecule has 0 saturated heterocycles. The van der Waals surface area contributed by atoms with Crippen molar-refractivity contribution >= 4 is 19.2 Å². The van der Waals surface area contributed by atoms with E-state index in [0.29, 0.717) is 5.75 Å². The van der Waals surface area contributed by atoms with Crippen LogP contribution < -0.4 is 0 Å². The van der Waals surface area contributed by atoms with E-state index in [1.807, 2.05) is 36.4 Å². The summed E-state index contributed by atoms with van der Waals surface area (Å²) in [6, 6.07) is 22.6. The Morgan fingerprint density at radius 2 is 1.45 bits per heavy atom. The highest BCUT2D eigenvalue weighted by Gasteiger charge is 2.21. The summed E-state index contributed by atoms with van der Waals surface area (Å²) in [7, 11) is -1.36. The lowest BCUT2D eigenvalue weighted by molar-refractivity contribution is 0.565. The normalized spacial score (nSPS) is 12.2. The fourth-order valence-electron chi connectivity index (χ4n) is 2.13. The first-order valence-electron chi connectivity index (χ1n) is 7.52. The van der Waals surface area contributed by atoms with Gasteiger partial charge in [0, 0.05) is 5.75 Å².